The quantitative estimate of drug-likeness (QED) is 0.780. The Kier molecular flexibility index (Phi) is 6.77. The fourth-order valence-corrected chi connectivity index (χ4v) is 5.34. The van der Waals surface area contributed by atoms with Gasteiger partial charge >= 0.3 is 12.1 Å². The van der Waals surface area contributed by atoms with Crippen molar-refractivity contribution in [2.24, 2.45) is 0 Å². The molecule has 2 fully saturated rings. The minimum Gasteiger partial charge on any atom is -0.475 e. The van der Waals surface area contributed by atoms with Crippen LogP contribution in [0.15, 0.2) is 24.5 Å². The van der Waals surface area contributed by atoms with E-state index in [1.165, 1.54) is 6.26 Å². The fraction of sp³-hybridized carbons (Fsp3) is 0.600. The van der Waals surface area contributed by atoms with Crippen LogP contribution in [0.25, 0.3) is 0 Å². The summed E-state index contributed by atoms with van der Waals surface area (Å²) in [4.78, 5) is 13.0. The molecule has 12 heteroatoms. The summed E-state index contributed by atoms with van der Waals surface area (Å²) in [5, 5.41) is 7.12. The summed E-state index contributed by atoms with van der Waals surface area (Å²) in [7, 11) is -3.03. The minimum absolute atomic E-state index is 0.0860. The Hall–Kier alpha value is -1.37. The Morgan fingerprint density at radius 1 is 1.48 bits per heavy atom. The van der Waals surface area contributed by atoms with Gasteiger partial charge in [-0.05, 0) is 18.1 Å². The first-order valence-corrected chi connectivity index (χ1v) is 10.6. The number of ether oxygens (including phenoxy) is 1. The molecule has 0 aromatic carbocycles. The highest BCUT2D eigenvalue weighted by atomic mass is 32.2. The van der Waals surface area contributed by atoms with Gasteiger partial charge in [-0.3, -0.25) is 4.98 Å². The van der Waals surface area contributed by atoms with Crippen molar-refractivity contribution in [3.8, 4) is 0 Å². The lowest BCUT2D eigenvalue weighted by Crippen LogP contribution is -2.60. The Bertz CT molecular complexity index is 752. The molecule has 3 heterocycles. The number of aliphatic carboxylic acids is 1. The van der Waals surface area contributed by atoms with Gasteiger partial charge in [0.2, 0.25) is 10.0 Å². The van der Waals surface area contributed by atoms with E-state index < -0.39 is 22.2 Å². The summed E-state index contributed by atoms with van der Waals surface area (Å²) < 4.78 is 62.1. The minimum atomic E-state index is -5.08. The van der Waals surface area contributed by atoms with Crippen LogP contribution in [0.1, 0.15) is 12.0 Å². The van der Waals surface area contributed by atoms with E-state index in [-0.39, 0.29) is 10.9 Å². The second kappa shape index (κ2) is 8.33. The number of nitrogens with zero attached hydrogens (tertiary/aromatic N) is 2. The molecule has 0 aliphatic carbocycles. The van der Waals surface area contributed by atoms with E-state index in [4.69, 9.17) is 14.6 Å². The molecule has 0 bridgehead atoms. The number of alkyl halides is 3. The first-order chi connectivity index (χ1) is 12.4. The van der Waals surface area contributed by atoms with Crippen LogP contribution < -0.4 is 0 Å². The average Bonchev–Trinajstić information content (AvgIpc) is 2.96. The highest BCUT2D eigenvalue weighted by molar-refractivity contribution is 8.01. The van der Waals surface area contributed by atoms with E-state index in [0.717, 1.165) is 17.7 Å². The Morgan fingerprint density at radius 2 is 2.11 bits per heavy atom. The molecule has 0 saturated carbocycles. The summed E-state index contributed by atoms with van der Waals surface area (Å²) in [6, 6.07) is 3.90. The molecular weight excluding hydrogens is 409 g/mol. The topological polar surface area (TPSA) is 96.8 Å². The summed E-state index contributed by atoms with van der Waals surface area (Å²) in [6.07, 6.45) is 0.895. The molecule has 0 amide bonds. The monoisotopic (exact) mass is 428 g/mol. The smallest absolute Gasteiger partial charge is 0.475 e. The molecule has 0 radical (unpaired) electrons. The number of carboxylic acid groups (broad SMARTS) is 1. The molecule has 2 aliphatic heterocycles. The summed E-state index contributed by atoms with van der Waals surface area (Å²) >= 11 is 1.85. The SMILES string of the molecule is CS(=O)(=O)N1CC2(CC(OCc3cccnc3)CS2)C1.O=C(O)C(F)(F)F. The van der Waals surface area contributed by atoms with Crippen LogP contribution in [0.5, 0.6) is 0 Å². The molecule has 2 aliphatic rings. The maximum absolute atomic E-state index is 11.4. The van der Waals surface area contributed by atoms with Gasteiger partial charge in [-0.25, -0.2) is 13.2 Å². The van der Waals surface area contributed by atoms with Crippen molar-refractivity contribution in [1.29, 1.82) is 0 Å². The number of hydrogen-bond donors (Lipinski definition) is 1. The summed E-state index contributed by atoms with van der Waals surface area (Å²) in [5.41, 5.74) is 1.07. The highest BCUT2D eigenvalue weighted by Gasteiger charge is 2.52. The second-order valence-corrected chi connectivity index (χ2v) is 9.80. The zero-order valence-corrected chi connectivity index (χ0v) is 16.0. The van der Waals surface area contributed by atoms with Crippen molar-refractivity contribution in [3.63, 3.8) is 0 Å². The summed E-state index contributed by atoms with van der Waals surface area (Å²) in [5.74, 6) is -1.81. The Labute approximate surface area is 159 Å². The predicted molar refractivity (Wildman–Crippen MR) is 92.7 cm³/mol. The number of pyridine rings is 1. The van der Waals surface area contributed by atoms with Gasteiger partial charge in [0.05, 0.1) is 19.0 Å². The first-order valence-electron chi connectivity index (χ1n) is 7.81. The average molecular weight is 428 g/mol. The van der Waals surface area contributed by atoms with Crippen LogP contribution >= 0.6 is 11.8 Å². The van der Waals surface area contributed by atoms with Crippen LogP contribution in [0, 0.1) is 0 Å². The number of thioether (sulfide) groups is 1. The van der Waals surface area contributed by atoms with Crippen molar-refractivity contribution in [1.82, 2.24) is 9.29 Å². The lowest BCUT2D eigenvalue weighted by atomic mass is 9.95. The molecule has 1 aromatic rings. The number of carboxylic acids is 1. The van der Waals surface area contributed by atoms with E-state index in [1.807, 2.05) is 30.1 Å². The number of hydrogen-bond acceptors (Lipinski definition) is 6. The molecule has 7 nitrogen and oxygen atoms in total. The third-order valence-corrected chi connectivity index (χ3v) is 6.80. The van der Waals surface area contributed by atoms with Crippen LogP contribution in [-0.4, -0.2) is 70.9 Å². The molecule has 2 saturated heterocycles. The normalized spacial score (nSPS) is 22.0. The van der Waals surface area contributed by atoms with Crippen molar-refractivity contribution in [3.05, 3.63) is 30.1 Å². The van der Waals surface area contributed by atoms with Gasteiger partial charge in [-0.15, -0.1) is 11.8 Å². The maximum Gasteiger partial charge on any atom is 0.490 e. The molecule has 27 heavy (non-hydrogen) atoms. The van der Waals surface area contributed by atoms with Crippen molar-refractivity contribution >= 4 is 27.8 Å². The third-order valence-electron chi connectivity index (χ3n) is 4.02. The number of rotatable bonds is 4. The van der Waals surface area contributed by atoms with E-state index >= 15 is 0 Å². The van der Waals surface area contributed by atoms with Crippen molar-refractivity contribution in [2.75, 3.05) is 25.1 Å². The van der Waals surface area contributed by atoms with Gasteiger partial charge in [0.1, 0.15) is 0 Å². The number of aromatic nitrogens is 1. The van der Waals surface area contributed by atoms with E-state index in [9.17, 15) is 21.6 Å². The predicted octanol–water partition coefficient (Wildman–Crippen LogP) is 1.75. The number of carbonyl (C=O) groups is 1. The van der Waals surface area contributed by atoms with Crippen LogP contribution in [0.4, 0.5) is 13.2 Å². The van der Waals surface area contributed by atoms with Gasteiger partial charge in [0.25, 0.3) is 0 Å². The Balaban J connectivity index is 0.000000321. The molecule has 1 spiro atoms. The van der Waals surface area contributed by atoms with E-state index in [1.54, 1.807) is 10.5 Å². The maximum atomic E-state index is 11.4. The molecule has 1 N–H and O–H groups in total. The van der Waals surface area contributed by atoms with Crippen molar-refractivity contribution in [2.45, 2.75) is 30.1 Å². The highest BCUT2D eigenvalue weighted by Crippen LogP contribution is 2.46. The second-order valence-electron chi connectivity index (χ2n) is 6.33. The zero-order chi connectivity index (χ0) is 20.3. The van der Waals surface area contributed by atoms with E-state index in [0.29, 0.717) is 19.7 Å². The standard InChI is InChI=1S/C13H18N2O3S2.C2HF3O2/c1-20(16,17)15-9-13(10-15)5-12(8-19-13)18-7-11-3-2-4-14-6-11;3-2(4,5)1(6)7/h2-4,6,12H,5,7-10H2,1H3;(H,6,7). The fourth-order valence-electron chi connectivity index (χ4n) is 2.66. The van der Waals surface area contributed by atoms with Gasteiger partial charge in [0, 0.05) is 36.0 Å². The molecular formula is C15H19F3N2O5S2. The largest absolute Gasteiger partial charge is 0.490 e. The van der Waals surface area contributed by atoms with E-state index in [2.05, 4.69) is 4.98 Å². The molecule has 1 atom stereocenters. The first kappa shape index (κ1) is 21.9. The van der Waals surface area contributed by atoms with Gasteiger partial charge in [-0.2, -0.15) is 17.5 Å². The number of sulfonamides is 1. The number of halogens is 3. The summed E-state index contributed by atoms with van der Waals surface area (Å²) in [6.45, 7) is 1.83. The lowest BCUT2D eigenvalue weighted by Gasteiger charge is -2.45. The third kappa shape index (κ3) is 6.33. The van der Waals surface area contributed by atoms with Gasteiger partial charge in [0.15, 0.2) is 0 Å². The molecule has 1 aromatic heterocycles. The van der Waals surface area contributed by atoms with Crippen LogP contribution in [-0.2, 0) is 26.2 Å². The lowest BCUT2D eigenvalue weighted by molar-refractivity contribution is -0.192. The molecule has 1 unspecified atom stereocenters. The van der Waals surface area contributed by atoms with Gasteiger partial charge in [-0.1, -0.05) is 6.07 Å². The Morgan fingerprint density at radius 3 is 2.59 bits per heavy atom. The molecule has 3 rings (SSSR count). The van der Waals surface area contributed by atoms with Crippen molar-refractivity contribution < 1.29 is 36.2 Å². The van der Waals surface area contributed by atoms with Gasteiger partial charge < -0.3 is 9.84 Å². The zero-order valence-electron chi connectivity index (χ0n) is 14.3. The molecule has 152 valence electrons. The van der Waals surface area contributed by atoms with Crippen LogP contribution in [0.3, 0.4) is 0 Å². The van der Waals surface area contributed by atoms with Crippen LogP contribution in [0.2, 0.25) is 0 Å².